The van der Waals surface area contributed by atoms with Gasteiger partial charge in [-0.25, -0.2) is 4.98 Å². The third-order valence-electron chi connectivity index (χ3n) is 3.14. The Kier molecular flexibility index (Phi) is 3.96. The van der Waals surface area contributed by atoms with Gasteiger partial charge in [0, 0.05) is 6.07 Å². The smallest absolute Gasteiger partial charge is 0.223 e. The number of anilines is 1. The van der Waals surface area contributed by atoms with E-state index in [2.05, 4.69) is 16.0 Å². The Morgan fingerprint density at radius 1 is 1.29 bits per heavy atom. The topological polar surface area (TPSA) is 61.0 Å². The molecule has 1 aliphatic rings. The molecule has 0 saturated heterocycles. The summed E-state index contributed by atoms with van der Waals surface area (Å²) in [6.45, 7) is 0. The van der Waals surface area contributed by atoms with Crippen molar-refractivity contribution < 1.29 is 4.74 Å². The van der Waals surface area contributed by atoms with Crippen LogP contribution in [0.25, 0.3) is 6.08 Å². The van der Waals surface area contributed by atoms with Crippen molar-refractivity contribution in [2.24, 2.45) is 5.92 Å². The van der Waals surface area contributed by atoms with E-state index in [1.165, 1.54) is 32.1 Å². The van der Waals surface area contributed by atoms with Gasteiger partial charge in [0.1, 0.15) is 0 Å². The number of hydrogen-bond donors (Lipinski definition) is 1. The molecule has 0 radical (unpaired) electrons. The number of allylic oxidation sites excluding steroid dienone is 1. The van der Waals surface area contributed by atoms with Crippen LogP contribution in [0.3, 0.4) is 0 Å². The zero-order valence-electron chi connectivity index (χ0n) is 10.2. The molecule has 0 atom stereocenters. The lowest BCUT2D eigenvalue weighted by molar-refractivity contribution is 0.397. The van der Waals surface area contributed by atoms with Crippen LogP contribution in [0.1, 0.15) is 37.8 Å². The Labute approximate surface area is 102 Å². The number of nitrogens with zero attached hydrogens (tertiary/aromatic N) is 2. The number of hydrogen-bond acceptors (Lipinski definition) is 4. The lowest BCUT2D eigenvalue weighted by atomic mass is 9.89. The molecule has 4 nitrogen and oxygen atoms in total. The van der Waals surface area contributed by atoms with Gasteiger partial charge >= 0.3 is 0 Å². The molecule has 2 rings (SSSR count). The molecule has 1 saturated carbocycles. The van der Waals surface area contributed by atoms with E-state index in [1.54, 1.807) is 13.2 Å². The molecular weight excluding hydrogens is 214 g/mol. The first kappa shape index (κ1) is 11.9. The van der Waals surface area contributed by atoms with Gasteiger partial charge in [-0.2, -0.15) is 4.98 Å². The second-order valence-corrected chi connectivity index (χ2v) is 4.45. The van der Waals surface area contributed by atoms with Crippen LogP contribution in [0.4, 0.5) is 5.95 Å². The van der Waals surface area contributed by atoms with Gasteiger partial charge in [-0.05, 0) is 24.8 Å². The summed E-state index contributed by atoms with van der Waals surface area (Å²) in [5, 5.41) is 0. The van der Waals surface area contributed by atoms with Crippen LogP contribution in [0.15, 0.2) is 12.1 Å². The molecule has 4 heteroatoms. The lowest BCUT2D eigenvalue weighted by Crippen LogP contribution is -2.03. The number of ether oxygens (including phenoxy) is 1. The summed E-state index contributed by atoms with van der Waals surface area (Å²) in [5.41, 5.74) is 6.43. The van der Waals surface area contributed by atoms with E-state index in [1.807, 2.05) is 6.08 Å². The Hall–Kier alpha value is -1.58. The summed E-state index contributed by atoms with van der Waals surface area (Å²) in [5.74, 6) is 1.46. The number of aromatic nitrogens is 2. The molecule has 2 N–H and O–H groups in total. The summed E-state index contributed by atoms with van der Waals surface area (Å²) in [6, 6.07) is 1.80. The molecule has 17 heavy (non-hydrogen) atoms. The molecule has 1 fully saturated rings. The van der Waals surface area contributed by atoms with Crippen LogP contribution in [0.5, 0.6) is 5.88 Å². The lowest BCUT2D eigenvalue weighted by Gasteiger charge is -2.17. The van der Waals surface area contributed by atoms with Gasteiger partial charge < -0.3 is 10.5 Å². The van der Waals surface area contributed by atoms with Crippen LogP contribution in [-0.2, 0) is 0 Å². The van der Waals surface area contributed by atoms with E-state index in [-0.39, 0.29) is 5.95 Å². The Bertz CT molecular complexity index is 398. The van der Waals surface area contributed by atoms with Gasteiger partial charge in [0.15, 0.2) is 0 Å². The van der Waals surface area contributed by atoms with E-state index in [9.17, 15) is 0 Å². The van der Waals surface area contributed by atoms with Crippen LogP contribution >= 0.6 is 0 Å². The average Bonchev–Trinajstić information content (AvgIpc) is 2.37. The van der Waals surface area contributed by atoms with Crippen LogP contribution in [0, 0.1) is 5.92 Å². The van der Waals surface area contributed by atoms with E-state index >= 15 is 0 Å². The summed E-state index contributed by atoms with van der Waals surface area (Å²) in [4.78, 5) is 8.12. The highest BCUT2D eigenvalue weighted by Gasteiger charge is 2.10. The van der Waals surface area contributed by atoms with Gasteiger partial charge in [0.2, 0.25) is 11.8 Å². The van der Waals surface area contributed by atoms with Crippen molar-refractivity contribution in [3.05, 3.63) is 17.8 Å². The molecule has 0 unspecified atom stereocenters. The van der Waals surface area contributed by atoms with Gasteiger partial charge in [-0.3, -0.25) is 0 Å². The molecule has 0 aromatic carbocycles. The molecule has 1 aromatic heterocycles. The zero-order chi connectivity index (χ0) is 12.1. The maximum atomic E-state index is 5.61. The fourth-order valence-corrected chi connectivity index (χ4v) is 2.21. The van der Waals surface area contributed by atoms with Gasteiger partial charge in [-0.15, -0.1) is 0 Å². The Balaban J connectivity index is 2.06. The first-order valence-corrected chi connectivity index (χ1v) is 6.14. The number of nitrogens with two attached hydrogens (primary N) is 1. The molecule has 0 aliphatic heterocycles. The van der Waals surface area contributed by atoms with Crippen molar-refractivity contribution in [3.8, 4) is 5.88 Å². The second-order valence-electron chi connectivity index (χ2n) is 4.45. The maximum absolute atomic E-state index is 5.61. The summed E-state index contributed by atoms with van der Waals surface area (Å²) >= 11 is 0. The third kappa shape index (κ3) is 3.44. The minimum atomic E-state index is 0.257. The largest absolute Gasteiger partial charge is 0.481 e. The van der Waals surface area contributed by atoms with Crippen molar-refractivity contribution in [3.63, 3.8) is 0 Å². The van der Waals surface area contributed by atoms with E-state index in [0.29, 0.717) is 11.8 Å². The molecule has 1 aromatic rings. The molecular formula is C13H19N3O. The van der Waals surface area contributed by atoms with Crippen LogP contribution < -0.4 is 10.5 Å². The molecule has 1 aliphatic carbocycles. The van der Waals surface area contributed by atoms with E-state index in [4.69, 9.17) is 10.5 Å². The highest BCUT2D eigenvalue weighted by atomic mass is 16.5. The van der Waals surface area contributed by atoms with Gasteiger partial charge in [0.05, 0.1) is 12.8 Å². The monoisotopic (exact) mass is 233 g/mol. The molecule has 0 spiro atoms. The van der Waals surface area contributed by atoms with Gasteiger partial charge in [-0.1, -0.05) is 25.3 Å². The second kappa shape index (κ2) is 5.66. The molecule has 0 bridgehead atoms. The fourth-order valence-electron chi connectivity index (χ4n) is 2.21. The average molecular weight is 233 g/mol. The molecule has 1 heterocycles. The van der Waals surface area contributed by atoms with Crippen molar-refractivity contribution >= 4 is 12.0 Å². The first-order chi connectivity index (χ1) is 8.28. The highest BCUT2D eigenvalue weighted by molar-refractivity contribution is 5.48. The third-order valence-corrected chi connectivity index (χ3v) is 3.14. The summed E-state index contributed by atoms with van der Waals surface area (Å²) < 4.78 is 5.06. The quantitative estimate of drug-likeness (QED) is 0.871. The number of nitrogen functional groups attached to an aromatic ring is 1. The van der Waals surface area contributed by atoms with Crippen LogP contribution in [-0.4, -0.2) is 17.1 Å². The number of methoxy groups -OCH3 is 1. The first-order valence-electron chi connectivity index (χ1n) is 6.14. The standard InChI is InChI=1S/C13H19N3O/c1-17-12-9-11(15-13(14)16-12)8-7-10-5-3-2-4-6-10/h7-10H,2-6H2,1H3,(H2,14,15,16). The maximum Gasteiger partial charge on any atom is 0.223 e. The highest BCUT2D eigenvalue weighted by Crippen LogP contribution is 2.25. The fraction of sp³-hybridized carbons (Fsp3) is 0.538. The van der Waals surface area contributed by atoms with Crippen molar-refractivity contribution in [2.75, 3.05) is 12.8 Å². The van der Waals surface area contributed by atoms with Crippen molar-refractivity contribution in [1.82, 2.24) is 9.97 Å². The molecule has 92 valence electrons. The minimum absolute atomic E-state index is 0.257. The normalized spacial score (nSPS) is 17.5. The summed E-state index contributed by atoms with van der Waals surface area (Å²) in [7, 11) is 1.58. The predicted molar refractivity (Wildman–Crippen MR) is 68.6 cm³/mol. The Morgan fingerprint density at radius 3 is 2.76 bits per heavy atom. The van der Waals surface area contributed by atoms with Gasteiger partial charge in [0.25, 0.3) is 0 Å². The predicted octanol–water partition coefficient (Wildman–Crippen LogP) is 2.66. The SMILES string of the molecule is COc1cc(C=CC2CCCCC2)nc(N)n1. The van der Waals surface area contributed by atoms with Crippen molar-refractivity contribution in [2.45, 2.75) is 32.1 Å². The summed E-state index contributed by atoms with van der Waals surface area (Å²) in [6.07, 6.45) is 10.9. The number of rotatable bonds is 3. The molecule has 0 amide bonds. The van der Waals surface area contributed by atoms with Crippen molar-refractivity contribution in [1.29, 1.82) is 0 Å². The Morgan fingerprint density at radius 2 is 2.06 bits per heavy atom. The van der Waals surface area contributed by atoms with E-state index < -0.39 is 0 Å². The minimum Gasteiger partial charge on any atom is -0.481 e. The van der Waals surface area contributed by atoms with Crippen LogP contribution in [0.2, 0.25) is 0 Å². The van der Waals surface area contributed by atoms with E-state index in [0.717, 1.165) is 5.69 Å². The zero-order valence-corrected chi connectivity index (χ0v) is 10.2.